The van der Waals surface area contributed by atoms with Crippen molar-refractivity contribution in [3.05, 3.63) is 101 Å². The quantitative estimate of drug-likeness (QED) is 0.345. The topological polar surface area (TPSA) is 68.8 Å². The fraction of sp³-hybridized carbons (Fsp3) is 0.441. The molecular weight excluding hydrogens is 548 g/mol. The highest BCUT2D eigenvalue weighted by Crippen LogP contribution is 2.37. The molecule has 1 N–H and O–H groups in total. The van der Waals surface area contributed by atoms with Crippen LogP contribution in [0.3, 0.4) is 0 Å². The normalized spacial score (nSPS) is 25.5. The van der Waals surface area contributed by atoms with E-state index >= 15 is 0 Å². The molecule has 2 saturated heterocycles. The Hall–Kier alpha value is -3.85. The lowest BCUT2D eigenvalue weighted by Crippen LogP contribution is -2.57. The summed E-state index contributed by atoms with van der Waals surface area (Å²) in [6.07, 6.45) is 7.46. The molecule has 3 fully saturated rings. The average molecular weight is 588 g/mol. The molecule has 1 aromatic heterocycles. The summed E-state index contributed by atoms with van der Waals surface area (Å²) in [6, 6.07) is 17.9. The molecule has 7 nitrogen and oxygen atoms in total. The Morgan fingerprint density at radius 3 is 2.40 bits per heavy atom. The zero-order valence-electron chi connectivity index (χ0n) is 24.5. The van der Waals surface area contributed by atoms with E-state index < -0.39 is 29.7 Å². The molecule has 1 saturated carbocycles. The van der Waals surface area contributed by atoms with Gasteiger partial charge in [0, 0.05) is 49.5 Å². The van der Waals surface area contributed by atoms with E-state index in [1.165, 1.54) is 16.7 Å². The molecule has 6 rings (SSSR count). The van der Waals surface area contributed by atoms with Crippen LogP contribution in [0.15, 0.2) is 72.9 Å². The lowest BCUT2D eigenvalue weighted by Gasteiger charge is -2.43. The maximum absolute atomic E-state index is 14.3. The zero-order chi connectivity index (χ0) is 29.9. The largest absolute Gasteiger partial charge is 0.333 e. The summed E-state index contributed by atoms with van der Waals surface area (Å²) in [5.74, 6) is -1.45. The summed E-state index contributed by atoms with van der Waals surface area (Å²) in [4.78, 5) is 37.7. The second kappa shape index (κ2) is 12.8. The minimum absolute atomic E-state index is 0.0960. The van der Waals surface area contributed by atoms with E-state index in [4.69, 9.17) is 0 Å². The Balaban J connectivity index is 1.14. The standard InChI is InChI=1S/C34H39F2N5O2/c1-23(24-7-3-2-4-8-24)40-20-17-32(26-12-15-29(35)30(36)21-26)41(34(40)43)33(42)38-27-16-19-39(22-27)28-13-10-25(11-14-28)31-9-5-6-18-37-31/h2-9,12,15,18,21,23,25,27-28,32H,10-11,13-14,16-17,19-20,22H2,1H3,(H,38,42)/t23-,25?,27?,28?,32?/m1/s1. The predicted octanol–water partition coefficient (Wildman–Crippen LogP) is 6.80. The van der Waals surface area contributed by atoms with Gasteiger partial charge in [0.05, 0.1) is 12.1 Å². The minimum atomic E-state index is -0.991. The van der Waals surface area contributed by atoms with E-state index in [2.05, 4.69) is 21.3 Å². The van der Waals surface area contributed by atoms with Crippen LogP contribution in [0.25, 0.3) is 0 Å². The van der Waals surface area contributed by atoms with Gasteiger partial charge >= 0.3 is 12.1 Å². The zero-order valence-corrected chi connectivity index (χ0v) is 24.5. The highest BCUT2D eigenvalue weighted by molar-refractivity contribution is 5.95. The van der Waals surface area contributed by atoms with Gasteiger partial charge < -0.3 is 10.2 Å². The molecule has 2 aromatic carbocycles. The Morgan fingerprint density at radius 2 is 1.67 bits per heavy atom. The van der Waals surface area contributed by atoms with Gasteiger partial charge in [-0.25, -0.2) is 23.3 Å². The van der Waals surface area contributed by atoms with Gasteiger partial charge in [-0.2, -0.15) is 0 Å². The molecule has 0 spiro atoms. The van der Waals surface area contributed by atoms with Gasteiger partial charge in [-0.3, -0.25) is 9.88 Å². The van der Waals surface area contributed by atoms with Crippen LogP contribution in [0.2, 0.25) is 0 Å². The monoisotopic (exact) mass is 587 g/mol. The molecule has 2 aliphatic heterocycles. The fourth-order valence-corrected chi connectivity index (χ4v) is 7.13. The Morgan fingerprint density at radius 1 is 0.907 bits per heavy atom. The molecule has 3 aliphatic rings. The van der Waals surface area contributed by atoms with Crippen molar-refractivity contribution in [1.29, 1.82) is 0 Å². The summed E-state index contributed by atoms with van der Waals surface area (Å²) >= 11 is 0. The van der Waals surface area contributed by atoms with Gasteiger partial charge in [-0.05, 0) is 80.8 Å². The number of halogens is 2. The summed E-state index contributed by atoms with van der Waals surface area (Å²) in [6.45, 7) is 3.95. The van der Waals surface area contributed by atoms with Gasteiger partial charge in [-0.15, -0.1) is 0 Å². The fourth-order valence-electron chi connectivity index (χ4n) is 7.13. The number of aromatic nitrogens is 1. The minimum Gasteiger partial charge on any atom is -0.333 e. The maximum Gasteiger partial charge on any atom is 0.329 e. The first-order valence-corrected chi connectivity index (χ1v) is 15.4. The van der Waals surface area contributed by atoms with Crippen molar-refractivity contribution >= 4 is 12.1 Å². The third-order valence-electron chi connectivity index (χ3n) is 9.57. The number of amides is 4. The molecule has 43 heavy (non-hydrogen) atoms. The van der Waals surface area contributed by atoms with Gasteiger partial charge in [0.25, 0.3) is 0 Å². The van der Waals surface area contributed by atoms with E-state index in [9.17, 15) is 18.4 Å². The Kier molecular flexibility index (Phi) is 8.70. The number of nitrogens with one attached hydrogen (secondary N) is 1. The van der Waals surface area contributed by atoms with Crippen molar-refractivity contribution in [1.82, 2.24) is 25.0 Å². The molecular formula is C34H39F2N5O2. The Labute approximate surface area is 251 Å². The molecule has 1 aliphatic carbocycles. The predicted molar refractivity (Wildman–Crippen MR) is 160 cm³/mol. The van der Waals surface area contributed by atoms with Gasteiger partial charge in [0.2, 0.25) is 0 Å². The number of pyridine rings is 1. The van der Waals surface area contributed by atoms with Crippen LogP contribution in [0.1, 0.15) is 80.3 Å². The third-order valence-corrected chi connectivity index (χ3v) is 9.57. The van der Waals surface area contributed by atoms with Crippen molar-refractivity contribution in [3.63, 3.8) is 0 Å². The number of likely N-dealkylation sites (tertiary alicyclic amines) is 1. The molecule has 0 bridgehead atoms. The number of nitrogens with zero attached hydrogens (tertiary/aromatic N) is 4. The molecule has 226 valence electrons. The average Bonchev–Trinajstić information content (AvgIpc) is 3.51. The maximum atomic E-state index is 14.3. The van der Waals surface area contributed by atoms with Crippen LogP contribution in [0.4, 0.5) is 18.4 Å². The molecule has 3 heterocycles. The molecule has 2 unspecified atom stereocenters. The van der Waals surface area contributed by atoms with Crippen molar-refractivity contribution in [2.75, 3.05) is 19.6 Å². The van der Waals surface area contributed by atoms with Gasteiger partial charge in [0.15, 0.2) is 11.6 Å². The van der Waals surface area contributed by atoms with Crippen LogP contribution in [0, 0.1) is 11.6 Å². The van der Waals surface area contributed by atoms with Crippen LogP contribution in [-0.2, 0) is 0 Å². The molecule has 0 radical (unpaired) electrons. The number of rotatable bonds is 6. The summed E-state index contributed by atoms with van der Waals surface area (Å²) < 4.78 is 28.0. The first-order chi connectivity index (χ1) is 20.9. The summed E-state index contributed by atoms with van der Waals surface area (Å²) in [7, 11) is 0. The van der Waals surface area contributed by atoms with E-state index in [0.717, 1.165) is 62.9 Å². The molecule has 3 aromatic rings. The van der Waals surface area contributed by atoms with E-state index in [0.29, 0.717) is 30.5 Å². The summed E-state index contributed by atoms with van der Waals surface area (Å²) in [5.41, 5.74) is 2.55. The number of imide groups is 1. The smallest absolute Gasteiger partial charge is 0.329 e. The van der Waals surface area contributed by atoms with Crippen LogP contribution >= 0.6 is 0 Å². The van der Waals surface area contributed by atoms with Gasteiger partial charge in [0.1, 0.15) is 0 Å². The van der Waals surface area contributed by atoms with Crippen LogP contribution in [0.5, 0.6) is 0 Å². The lowest BCUT2D eigenvalue weighted by atomic mass is 9.83. The number of benzene rings is 2. The summed E-state index contributed by atoms with van der Waals surface area (Å²) in [5, 5.41) is 3.13. The number of carbonyl (C=O) groups is 2. The second-order valence-corrected chi connectivity index (χ2v) is 12.1. The van der Waals surface area contributed by atoms with E-state index in [1.54, 1.807) is 4.90 Å². The van der Waals surface area contributed by atoms with Gasteiger partial charge in [-0.1, -0.05) is 42.5 Å². The highest BCUT2D eigenvalue weighted by atomic mass is 19.2. The number of hydrogen-bond donors (Lipinski definition) is 1. The van der Waals surface area contributed by atoms with E-state index in [-0.39, 0.29) is 12.1 Å². The second-order valence-electron chi connectivity index (χ2n) is 12.1. The number of hydrogen-bond acceptors (Lipinski definition) is 4. The van der Waals surface area contributed by atoms with Crippen molar-refractivity contribution in [3.8, 4) is 0 Å². The number of carbonyl (C=O) groups excluding carboxylic acids is 2. The molecule has 3 atom stereocenters. The van der Waals surface area contributed by atoms with Crippen LogP contribution < -0.4 is 5.32 Å². The molecule has 4 amide bonds. The van der Waals surface area contributed by atoms with Crippen molar-refractivity contribution in [2.45, 2.75) is 75.5 Å². The van der Waals surface area contributed by atoms with Crippen LogP contribution in [-0.4, -0.2) is 63.5 Å². The number of urea groups is 2. The molecule has 9 heteroatoms. The van der Waals surface area contributed by atoms with Crippen molar-refractivity contribution < 1.29 is 18.4 Å². The first kappa shape index (κ1) is 29.2. The van der Waals surface area contributed by atoms with E-state index in [1.807, 2.05) is 55.6 Å². The SMILES string of the molecule is C[C@H](c1ccccc1)N1CCC(c2ccc(F)c(F)c2)N(C(=O)NC2CCN(C3CCC(c4ccccn4)CC3)C2)C1=O. The highest BCUT2D eigenvalue weighted by Gasteiger charge is 2.42. The Bertz CT molecular complexity index is 1420. The van der Waals surface area contributed by atoms with Crippen molar-refractivity contribution in [2.24, 2.45) is 0 Å². The third kappa shape index (κ3) is 6.27. The first-order valence-electron chi connectivity index (χ1n) is 15.4. The lowest BCUT2D eigenvalue weighted by molar-refractivity contribution is 0.0933.